The summed E-state index contributed by atoms with van der Waals surface area (Å²) in [4.78, 5) is 10.7. The first-order valence-corrected chi connectivity index (χ1v) is 5.48. The summed E-state index contributed by atoms with van der Waals surface area (Å²) in [5, 5.41) is 8.76. The van der Waals surface area contributed by atoms with Crippen molar-refractivity contribution in [3.8, 4) is 0 Å². The molecule has 2 rings (SSSR count). The molecule has 0 radical (unpaired) electrons. The van der Waals surface area contributed by atoms with Crippen molar-refractivity contribution in [3.63, 3.8) is 0 Å². The third kappa shape index (κ3) is 3.22. The molecule has 1 N–H and O–H groups in total. The minimum Gasteiger partial charge on any atom is -0.449 e. The van der Waals surface area contributed by atoms with Crippen LogP contribution in [0.5, 0.6) is 0 Å². The molecule has 3 nitrogen and oxygen atoms in total. The molecule has 0 unspecified atom stereocenters. The third-order valence-corrected chi connectivity index (χ3v) is 2.35. The monoisotopic (exact) mass is 240 g/mol. The van der Waals surface area contributed by atoms with Gasteiger partial charge in [-0.25, -0.2) is 4.79 Å². The molecule has 0 heterocycles. The van der Waals surface area contributed by atoms with Crippen LogP contribution in [0.1, 0.15) is 11.1 Å². The Kier molecular flexibility index (Phi) is 3.76. The maximum absolute atomic E-state index is 10.7. The Bertz CT molecular complexity index is 544. The molecule has 0 atom stereocenters. The van der Waals surface area contributed by atoms with Crippen LogP contribution < -0.4 is 0 Å². The van der Waals surface area contributed by atoms with Crippen molar-refractivity contribution in [2.75, 3.05) is 0 Å². The van der Waals surface area contributed by atoms with E-state index >= 15 is 0 Å². The molecule has 0 aliphatic carbocycles. The van der Waals surface area contributed by atoms with Crippen LogP contribution in [0.2, 0.25) is 0 Å². The van der Waals surface area contributed by atoms with E-state index in [1.54, 1.807) is 18.2 Å². The van der Waals surface area contributed by atoms with Crippen LogP contribution in [-0.2, 0) is 4.74 Å². The second-order valence-electron chi connectivity index (χ2n) is 3.65. The fraction of sp³-hybridized carbons (Fsp3) is 0. The number of hydrogen-bond acceptors (Lipinski definition) is 2. The molecule has 0 aromatic heterocycles. The number of ether oxygens (including phenoxy) is 1. The van der Waals surface area contributed by atoms with Gasteiger partial charge in [-0.2, -0.15) is 0 Å². The van der Waals surface area contributed by atoms with Crippen LogP contribution in [0.25, 0.3) is 11.8 Å². The SMILES string of the molecule is O=C(O)O/C(=C\c1ccccc1)c1ccccc1. The second-order valence-corrected chi connectivity index (χ2v) is 3.65. The lowest BCUT2D eigenvalue weighted by atomic mass is 10.1. The van der Waals surface area contributed by atoms with Gasteiger partial charge in [0.25, 0.3) is 0 Å². The third-order valence-electron chi connectivity index (χ3n) is 2.35. The summed E-state index contributed by atoms with van der Waals surface area (Å²) in [7, 11) is 0. The Labute approximate surface area is 105 Å². The molecule has 3 heteroatoms. The van der Waals surface area contributed by atoms with E-state index in [0.717, 1.165) is 11.1 Å². The van der Waals surface area contributed by atoms with E-state index in [0.29, 0.717) is 5.76 Å². The van der Waals surface area contributed by atoms with E-state index in [9.17, 15) is 4.79 Å². The first-order chi connectivity index (χ1) is 8.75. The van der Waals surface area contributed by atoms with E-state index < -0.39 is 6.16 Å². The normalized spacial score (nSPS) is 11.0. The van der Waals surface area contributed by atoms with Gasteiger partial charge >= 0.3 is 6.16 Å². The van der Waals surface area contributed by atoms with Crippen molar-refractivity contribution in [2.24, 2.45) is 0 Å². The number of carbonyl (C=O) groups is 1. The Hall–Kier alpha value is -2.55. The maximum atomic E-state index is 10.7. The summed E-state index contributed by atoms with van der Waals surface area (Å²) in [5.41, 5.74) is 1.61. The van der Waals surface area contributed by atoms with E-state index in [1.165, 1.54) is 0 Å². The molecule has 2 aromatic carbocycles. The molecule has 2 aromatic rings. The van der Waals surface area contributed by atoms with E-state index in [1.807, 2.05) is 48.5 Å². The maximum Gasteiger partial charge on any atom is 0.511 e. The molecule has 0 spiro atoms. The molecule has 0 aliphatic heterocycles. The summed E-state index contributed by atoms with van der Waals surface area (Å²) in [6.45, 7) is 0. The van der Waals surface area contributed by atoms with Crippen LogP contribution in [-0.4, -0.2) is 11.3 Å². The molecule has 0 fully saturated rings. The van der Waals surface area contributed by atoms with Gasteiger partial charge in [0.2, 0.25) is 0 Å². The molecule has 0 bridgehead atoms. The summed E-state index contributed by atoms with van der Waals surface area (Å²) in [6.07, 6.45) is 0.379. The Morgan fingerprint density at radius 3 is 2.06 bits per heavy atom. The summed E-state index contributed by atoms with van der Waals surface area (Å²) < 4.78 is 4.82. The van der Waals surface area contributed by atoms with Gasteiger partial charge in [0.15, 0.2) is 0 Å². The Balaban J connectivity index is 2.37. The fourth-order valence-electron chi connectivity index (χ4n) is 1.57. The average Bonchev–Trinajstić information content (AvgIpc) is 2.40. The number of rotatable bonds is 3. The number of benzene rings is 2. The van der Waals surface area contributed by atoms with Crippen molar-refractivity contribution < 1.29 is 14.6 Å². The van der Waals surface area contributed by atoms with Gasteiger partial charge in [-0.1, -0.05) is 60.7 Å². The average molecular weight is 240 g/mol. The smallest absolute Gasteiger partial charge is 0.449 e. The predicted octanol–water partition coefficient (Wildman–Crippen LogP) is 3.88. The lowest BCUT2D eigenvalue weighted by molar-refractivity contribution is 0.135. The van der Waals surface area contributed by atoms with Gasteiger partial charge in [-0.3, -0.25) is 0 Å². The summed E-state index contributed by atoms with van der Waals surface area (Å²) in [5.74, 6) is 0.314. The van der Waals surface area contributed by atoms with Crippen molar-refractivity contribution in [2.45, 2.75) is 0 Å². The lowest BCUT2D eigenvalue weighted by Gasteiger charge is -2.06. The van der Waals surface area contributed by atoms with Crippen molar-refractivity contribution in [1.82, 2.24) is 0 Å². The van der Waals surface area contributed by atoms with Crippen LogP contribution in [0, 0.1) is 0 Å². The van der Waals surface area contributed by atoms with E-state index in [4.69, 9.17) is 9.84 Å². The quantitative estimate of drug-likeness (QED) is 0.503. The first-order valence-electron chi connectivity index (χ1n) is 5.48. The van der Waals surface area contributed by atoms with Gasteiger partial charge in [0.05, 0.1) is 0 Å². The zero-order valence-corrected chi connectivity index (χ0v) is 9.61. The lowest BCUT2D eigenvalue weighted by Crippen LogP contribution is -1.99. The van der Waals surface area contributed by atoms with Gasteiger partial charge in [-0.05, 0) is 11.6 Å². The summed E-state index contributed by atoms with van der Waals surface area (Å²) >= 11 is 0. The molecule has 18 heavy (non-hydrogen) atoms. The molecule has 90 valence electrons. The minimum absolute atomic E-state index is 0.314. The van der Waals surface area contributed by atoms with Gasteiger partial charge in [0, 0.05) is 5.56 Å². The molecule has 0 saturated carbocycles. The largest absolute Gasteiger partial charge is 0.511 e. The number of carboxylic acid groups (broad SMARTS) is 1. The van der Waals surface area contributed by atoms with Gasteiger partial charge in [-0.15, -0.1) is 0 Å². The highest BCUT2D eigenvalue weighted by Gasteiger charge is 2.07. The highest BCUT2D eigenvalue weighted by molar-refractivity contribution is 5.82. The van der Waals surface area contributed by atoms with Crippen LogP contribution in [0.4, 0.5) is 4.79 Å². The van der Waals surface area contributed by atoms with Crippen LogP contribution in [0.3, 0.4) is 0 Å². The van der Waals surface area contributed by atoms with Gasteiger partial charge < -0.3 is 9.84 Å². The first kappa shape index (κ1) is 11.9. The molecular weight excluding hydrogens is 228 g/mol. The molecular formula is C15H12O3. The van der Waals surface area contributed by atoms with E-state index in [-0.39, 0.29) is 0 Å². The fourth-order valence-corrected chi connectivity index (χ4v) is 1.57. The van der Waals surface area contributed by atoms with Crippen molar-refractivity contribution in [3.05, 3.63) is 71.8 Å². The van der Waals surface area contributed by atoms with Gasteiger partial charge in [0.1, 0.15) is 5.76 Å². The highest BCUT2D eigenvalue weighted by atomic mass is 16.7. The Morgan fingerprint density at radius 2 is 1.50 bits per heavy atom. The second kappa shape index (κ2) is 5.68. The topological polar surface area (TPSA) is 46.5 Å². The molecule has 0 aliphatic rings. The summed E-state index contributed by atoms with van der Waals surface area (Å²) in [6, 6.07) is 18.6. The zero-order valence-electron chi connectivity index (χ0n) is 9.61. The van der Waals surface area contributed by atoms with Crippen molar-refractivity contribution >= 4 is 18.0 Å². The van der Waals surface area contributed by atoms with Crippen LogP contribution in [0.15, 0.2) is 60.7 Å². The highest BCUT2D eigenvalue weighted by Crippen LogP contribution is 2.19. The molecule has 0 saturated heterocycles. The van der Waals surface area contributed by atoms with E-state index in [2.05, 4.69) is 0 Å². The number of hydrogen-bond donors (Lipinski definition) is 1. The molecule has 0 amide bonds. The van der Waals surface area contributed by atoms with Crippen LogP contribution >= 0.6 is 0 Å². The standard InChI is InChI=1S/C15H12O3/c16-15(17)18-14(13-9-5-2-6-10-13)11-12-7-3-1-4-8-12/h1-11H,(H,16,17)/b14-11-. The zero-order chi connectivity index (χ0) is 12.8. The Morgan fingerprint density at radius 1 is 0.944 bits per heavy atom. The minimum atomic E-state index is -1.32. The van der Waals surface area contributed by atoms with Crippen molar-refractivity contribution in [1.29, 1.82) is 0 Å². The predicted molar refractivity (Wildman–Crippen MR) is 69.9 cm³/mol.